The van der Waals surface area contributed by atoms with Crippen molar-refractivity contribution in [2.24, 2.45) is 0 Å². The largest absolute Gasteiger partial charge is 0.168 e. The van der Waals surface area contributed by atoms with Gasteiger partial charge in [0.1, 0.15) is 0 Å². The first-order valence-corrected chi connectivity index (χ1v) is 10.6. The topological polar surface area (TPSA) is 0 Å². The van der Waals surface area contributed by atoms with Gasteiger partial charge in [-0.1, -0.05) is 6.07 Å². The molecular weight excluding hydrogens is 486 g/mol. The zero-order valence-corrected chi connectivity index (χ0v) is 20.5. The van der Waals surface area contributed by atoms with Crippen LogP contribution in [-0.4, -0.2) is 3.21 Å². The van der Waals surface area contributed by atoms with E-state index in [2.05, 4.69) is 115 Å². The molecule has 4 aromatic carbocycles. The Bertz CT molecular complexity index is 966. The summed E-state index contributed by atoms with van der Waals surface area (Å²) >= 11 is 1.46. The predicted octanol–water partition coefficient (Wildman–Crippen LogP) is 0.675. The van der Waals surface area contributed by atoms with E-state index < -0.39 is 0 Å². The summed E-state index contributed by atoms with van der Waals surface area (Å²) in [5, 5.41) is 2.66. The van der Waals surface area contributed by atoms with Crippen LogP contribution in [0.2, 0.25) is 0 Å². The molecule has 3 heteroatoms. The quantitative estimate of drug-likeness (QED) is 0.350. The monoisotopic (exact) mass is 506 g/mol. The van der Waals surface area contributed by atoms with Gasteiger partial charge in [0.05, 0.1) is 0 Å². The molecule has 0 N–H and O–H groups in total. The third-order valence-electron chi connectivity index (χ3n) is 4.26. The van der Waals surface area contributed by atoms with Crippen molar-refractivity contribution in [1.82, 2.24) is 0 Å². The van der Waals surface area contributed by atoms with E-state index in [4.69, 9.17) is 0 Å². The van der Waals surface area contributed by atoms with Crippen molar-refractivity contribution in [1.29, 1.82) is 0 Å². The Morgan fingerprint density at radius 1 is 0.733 bits per heavy atom. The van der Waals surface area contributed by atoms with E-state index in [0.29, 0.717) is 0 Å². The average molecular weight is 509 g/mol. The first-order valence-electron chi connectivity index (χ1n) is 9.36. The fraction of sp³-hybridized carbons (Fsp3) is 0.0370. The zero-order chi connectivity index (χ0) is 19.4. The fourth-order valence-electron chi connectivity index (χ4n) is 2.79. The molecule has 0 unspecified atom stereocenters. The van der Waals surface area contributed by atoms with Crippen molar-refractivity contribution in [3.05, 3.63) is 139 Å². The molecule has 0 heterocycles. The molecule has 5 rings (SSSR count). The van der Waals surface area contributed by atoms with E-state index in [1.807, 2.05) is 12.2 Å². The van der Waals surface area contributed by atoms with Gasteiger partial charge in [0.15, 0.2) is 0 Å². The number of halogens is 2. The molecule has 0 aliphatic heterocycles. The Labute approximate surface area is 206 Å². The molecule has 0 nitrogen and oxygen atoms in total. The van der Waals surface area contributed by atoms with Gasteiger partial charge in [0.2, 0.25) is 0 Å². The summed E-state index contributed by atoms with van der Waals surface area (Å²) in [5.74, 6) is 0. The Balaban J connectivity index is 0.000000242. The van der Waals surface area contributed by atoms with Crippen molar-refractivity contribution in [3.8, 4) is 0 Å². The number of rotatable bonds is 2. The Morgan fingerprint density at radius 2 is 1.30 bits per heavy atom. The van der Waals surface area contributed by atoms with Crippen molar-refractivity contribution in [3.63, 3.8) is 0 Å². The minimum absolute atomic E-state index is 0. The third kappa shape index (κ3) is 8.44. The second-order valence-electron chi connectivity index (χ2n) is 6.26. The number of fused-ring (bicyclic) bond motifs is 1. The van der Waals surface area contributed by atoms with Crippen LogP contribution < -0.4 is 24.8 Å². The fourth-order valence-corrected chi connectivity index (χ4v) is 3.61. The molecule has 1 aliphatic rings. The van der Waals surface area contributed by atoms with Gasteiger partial charge in [-0.3, -0.25) is 6.08 Å². The number of hydrogen-bond donors (Lipinski definition) is 0. The summed E-state index contributed by atoms with van der Waals surface area (Å²) in [6.07, 6.45) is 10.0. The molecule has 0 saturated heterocycles. The van der Waals surface area contributed by atoms with E-state index in [1.54, 1.807) is 0 Å². The smallest absolute Gasteiger partial charge is 0.0809 e. The first-order chi connectivity index (χ1) is 13.8. The molecule has 0 saturated carbocycles. The van der Waals surface area contributed by atoms with Crippen LogP contribution in [0.1, 0.15) is 17.5 Å². The van der Waals surface area contributed by atoms with Gasteiger partial charge < -0.3 is 24.8 Å². The minimum atomic E-state index is 0. The number of benzene rings is 3. The molecule has 0 amide bonds. The van der Waals surface area contributed by atoms with Crippen LogP contribution >= 0.6 is 0 Å². The van der Waals surface area contributed by atoms with Crippen LogP contribution in [0.3, 0.4) is 0 Å². The molecule has 30 heavy (non-hydrogen) atoms. The third-order valence-corrected chi connectivity index (χ3v) is 5.68. The zero-order valence-electron chi connectivity index (χ0n) is 16.5. The molecule has 4 aromatic rings. The van der Waals surface area contributed by atoms with Crippen LogP contribution in [-0.2, 0) is 24.2 Å². The van der Waals surface area contributed by atoms with E-state index in [9.17, 15) is 0 Å². The van der Waals surface area contributed by atoms with Crippen molar-refractivity contribution in [2.45, 2.75) is 6.42 Å². The molecule has 1 aliphatic carbocycles. The van der Waals surface area contributed by atoms with E-state index >= 15 is 0 Å². The van der Waals surface area contributed by atoms with E-state index in [-0.39, 0.29) is 24.8 Å². The van der Waals surface area contributed by atoms with Gasteiger partial charge in [0, 0.05) is 0 Å². The van der Waals surface area contributed by atoms with Crippen molar-refractivity contribution < 1.29 is 49.0 Å². The average Bonchev–Trinajstić information content (AvgIpc) is 3.50. The van der Waals surface area contributed by atoms with Gasteiger partial charge >= 0.3 is 99.2 Å². The maximum Gasteiger partial charge on any atom is -0.0809 e. The van der Waals surface area contributed by atoms with Crippen molar-refractivity contribution in [2.75, 3.05) is 0 Å². The van der Waals surface area contributed by atoms with Crippen LogP contribution in [0.4, 0.5) is 0 Å². The second-order valence-corrected chi connectivity index (χ2v) is 7.49. The maximum absolute atomic E-state index is 2.99. The SMILES string of the molecule is [C-]1=CC=CC1.[Cl-].[Cl-].[Zr+2]=[C](c1ccccc1)c1ccccc1.c1ccc2[cH-]ccc2c1. The summed E-state index contributed by atoms with van der Waals surface area (Å²) in [4.78, 5) is 0. The van der Waals surface area contributed by atoms with E-state index in [1.165, 1.54) is 49.3 Å². The normalized spacial score (nSPS) is 10.6. The summed E-state index contributed by atoms with van der Waals surface area (Å²) in [6.45, 7) is 0. The molecule has 150 valence electrons. The molecule has 0 fully saturated rings. The van der Waals surface area contributed by atoms with Crippen LogP contribution in [0.25, 0.3) is 10.8 Å². The molecule has 0 bridgehead atoms. The minimum Gasteiger partial charge on any atom is -0.168 e. The van der Waals surface area contributed by atoms with Gasteiger partial charge in [-0.15, -0.1) is 36.1 Å². The summed E-state index contributed by atoms with van der Waals surface area (Å²) in [5.41, 5.74) is 2.66. The summed E-state index contributed by atoms with van der Waals surface area (Å²) in [7, 11) is 0. The number of hydrogen-bond acceptors (Lipinski definition) is 0. The maximum atomic E-state index is 2.99. The van der Waals surface area contributed by atoms with Crippen LogP contribution in [0.15, 0.2) is 121 Å². The van der Waals surface area contributed by atoms with Gasteiger partial charge in [0.25, 0.3) is 0 Å². The predicted molar refractivity (Wildman–Crippen MR) is 117 cm³/mol. The summed E-state index contributed by atoms with van der Waals surface area (Å²) < 4.78 is 1.42. The Kier molecular flexibility index (Phi) is 13.0. The molecule has 0 atom stereocenters. The van der Waals surface area contributed by atoms with Crippen LogP contribution in [0.5, 0.6) is 0 Å². The summed E-state index contributed by atoms with van der Waals surface area (Å²) in [6, 6.07) is 35.8. The Hall–Kier alpha value is -1.92. The van der Waals surface area contributed by atoms with Gasteiger partial charge in [-0.05, 0) is 0 Å². The van der Waals surface area contributed by atoms with E-state index in [0.717, 1.165) is 6.42 Å². The Morgan fingerprint density at radius 3 is 1.77 bits per heavy atom. The molecule has 0 radical (unpaired) electrons. The molecule has 0 spiro atoms. The van der Waals surface area contributed by atoms with Gasteiger partial charge in [-0.25, -0.2) is 12.2 Å². The first kappa shape index (κ1) is 26.1. The number of allylic oxidation sites excluding steroid dienone is 4. The van der Waals surface area contributed by atoms with Gasteiger partial charge in [-0.2, -0.15) is 23.6 Å². The molecular formula is C27H22Cl2Zr-2. The second kappa shape index (κ2) is 15.0. The molecule has 0 aromatic heterocycles. The van der Waals surface area contributed by atoms with Crippen molar-refractivity contribution >= 4 is 14.0 Å². The van der Waals surface area contributed by atoms with Crippen LogP contribution in [0, 0.1) is 6.08 Å². The standard InChI is InChI=1S/C13H10.C9H7.C5H5.2ClH.Zr/c1-3-7-12(8-4-1)11-13-9-5-2-6-10-13;1-2-5-9-7-3-6-8(9)4-1;1-2-4-5-3-1;;;/h1-10H;1-7H;1-3H,4H2;2*1H;/q;2*-1;;;+2/p-2.